The van der Waals surface area contributed by atoms with Crippen LogP contribution in [0.3, 0.4) is 0 Å². The second kappa shape index (κ2) is 11.2. The molecule has 9 heteroatoms. The Hall–Kier alpha value is -1.83. The van der Waals surface area contributed by atoms with E-state index < -0.39 is 29.7 Å². The Morgan fingerprint density at radius 1 is 1.19 bits per heavy atom. The first-order chi connectivity index (χ1) is 14.5. The van der Waals surface area contributed by atoms with E-state index in [4.69, 9.17) is 37.4 Å². The van der Waals surface area contributed by atoms with E-state index in [0.29, 0.717) is 16.6 Å². The van der Waals surface area contributed by atoms with Gasteiger partial charge in [0.25, 0.3) is 0 Å². The predicted molar refractivity (Wildman–Crippen MR) is 117 cm³/mol. The van der Waals surface area contributed by atoms with Crippen LogP contribution in [-0.2, 0) is 23.8 Å². The van der Waals surface area contributed by atoms with Gasteiger partial charge in [-0.2, -0.15) is 0 Å². The lowest BCUT2D eigenvalue weighted by atomic mass is 9.90. The minimum atomic E-state index is -0.650. The van der Waals surface area contributed by atoms with Crippen molar-refractivity contribution in [2.75, 3.05) is 26.3 Å². The fourth-order valence-electron chi connectivity index (χ4n) is 3.36. The van der Waals surface area contributed by atoms with Crippen LogP contribution in [0.25, 0.3) is 0 Å². The molecule has 0 aromatic heterocycles. The number of carbonyl (C=O) groups is 3. The second-order valence-electron chi connectivity index (χ2n) is 8.38. The first-order valence-corrected chi connectivity index (χ1v) is 11.0. The first-order valence-electron chi connectivity index (χ1n) is 10.2. The average Bonchev–Trinajstić information content (AvgIpc) is 2.85. The smallest absolute Gasteiger partial charge is 0.410 e. The number of esters is 1. The van der Waals surface area contributed by atoms with Gasteiger partial charge in [-0.05, 0) is 45.4 Å². The molecule has 0 aliphatic carbocycles. The fraction of sp³-hybridized carbons (Fsp3) is 0.591. The Balaban J connectivity index is 2.26. The molecule has 1 heterocycles. The van der Waals surface area contributed by atoms with Gasteiger partial charge in [0.2, 0.25) is 0 Å². The van der Waals surface area contributed by atoms with Gasteiger partial charge in [0.15, 0.2) is 0 Å². The molecule has 1 aliphatic heterocycles. The molecule has 0 radical (unpaired) electrons. The lowest BCUT2D eigenvalue weighted by Gasteiger charge is -2.29. The Bertz CT molecular complexity index is 808. The van der Waals surface area contributed by atoms with E-state index in [0.717, 1.165) is 5.56 Å². The van der Waals surface area contributed by atoms with Crippen molar-refractivity contribution in [1.29, 1.82) is 0 Å². The summed E-state index contributed by atoms with van der Waals surface area (Å²) in [5.74, 6) is -1.27. The largest absolute Gasteiger partial charge is 0.466 e. The number of amides is 1. The molecule has 1 aromatic carbocycles. The van der Waals surface area contributed by atoms with Gasteiger partial charge >= 0.3 is 12.1 Å². The topological polar surface area (TPSA) is 82.1 Å². The van der Waals surface area contributed by atoms with Crippen LogP contribution in [0.5, 0.6) is 0 Å². The average molecular weight is 474 g/mol. The number of Topliss-reactive ketones (excluding diaryl/α,β-unsaturated/α-hetero) is 1. The van der Waals surface area contributed by atoms with Crippen LogP contribution in [0.1, 0.15) is 52.2 Å². The van der Waals surface area contributed by atoms with Crippen molar-refractivity contribution < 1.29 is 28.6 Å². The molecule has 1 aromatic rings. The molecule has 7 nitrogen and oxygen atoms in total. The molecule has 0 unspecified atom stereocenters. The minimum absolute atomic E-state index is 0.0308. The molecule has 0 spiro atoms. The summed E-state index contributed by atoms with van der Waals surface area (Å²) in [6.45, 7) is 8.06. The zero-order valence-corrected chi connectivity index (χ0v) is 19.8. The monoisotopic (exact) mass is 473 g/mol. The van der Waals surface area contributed by atoms with Crippen LogP contribution in [0.4, 0.5) is 4.79 Å². The number of ether oxygens (including phenoxy) is 3. The maximum Gasteiger partial charge on any atom is 0.410 e. The van der Waals surface area contributed by atoms with Gasteiger partial charge in [0.05, 0.1) is 29.4 Å². The van der Waals surface area contributed by atoms with Gasteiger partial charge in [0.1, 0.15) is 17.8 Å². The molecular formula is C22H29Cl2NO6. The number of ketones is 1. The van der Waals surface area contributed by atoms with Crippen molar-refractivity contribution in [3.05, 3.63) is 33.8 Å². The summed E-state index contributed by atoms with van der Waals surface area (Å²) in [6.07, 6.45) is -1.28. The third-order valence-electron chi connectivity index (χ3n) is 4.60. The molecular weight excluding hydrogens is 445 g/mol. The highest BCUT2D eigenvalue weighted by molar-refractivity contribution is 6.42. The highest BCUT2D eigenvalue weighted by Crippen LogP contribution is 2.35. The van der Waals surface area contributed by atoms with Crippen molar-refractivity contribution in [3.63, 3.8) is 0 Å². The zero-order chi connectivity index (χ0) is 23.2. The lowest BCUT2D eigenvalue weighted by Crippen LogP contribution is -2.40. The highest BCUT2D eigenvalue weighted by atomic mass is 35.5. The molecule has 0 bridgehead atoms. The minimum Gasteiger partial charge on any atom is -0.466 e. The molecule has 1 saturated heterocycles. The van der Waals surface area contributed by atoms with Crippen LogP contribution >= 0.6 is 23.2 Å². The summed E-state index contributed by atoms with van der Waals surface area (Å²) in [7, 11) is 0. The maximum atomic E-state index is 12.7. The maximum absolute atomic E-state index is 12.7. The first kappa shape index (κ1) is 25.4. The van der Waals surface area contributed by atoms with Crippen LogP contribution in [0, 0.1) is 5.92 Å². The standard InChI is InChI=1S/C22H29Cl2NO6/c1-5-29-19(27)12-16(26)10-15-13-25(21(28)31-22(2,3)4)8-9-30-20(15)14-6-7-17(23)18(24)11-14/h6-7,11,15,20H,5,8-10,12-13H2,1-4H3/t15-,20+/m1/s1. The van der Waals surface area contributed by atoms with Gasteiger partial charge in [-0.3, -0.25) is 9.59 Å². The van der Waals surface area contributed by atoms with Crippen LogP contribution in [-0.4, -0.2) is 54.7 Å². The van der Waals surface area contributed by atoms with Crippen molar-refractivity contribution in [3.8, 4) is 0 Å². The fourth-order valence-corrected chi connectivity index (χ4v) is 3.66. The summed E-state index contributed by atoms with van der Waals surface area (Å²) < 4.78 is 16.4. The Morgan fingerprint density at radius 3 is 2.52 bits per heavy atom. The van der Waals surface area contributed by atoms with E-state index in [1.807, 2.05) is 0 Å². The third kappa shape index (κ3) is 7.98. The SMILES string of the molecule is CCOC(=O)CC(=O)C[C@@H]1CN(C(=O)OC(C)(C)C)CCO[C@H]1c1ccc(Cl)c(Cl)c1. The van der Waals surface area contributed by atoms with Crippen LogP contribution < -0.4 is 0 Å². The molecule has 0 saturated carbocycles. The summed E-state index contributed by atoms with van der Waals surface area (Å²) in [6, 6.07) is 5.14. The summed E-state index contributed by atoms with van der Waals surface area (Å²) in [5, 5.41) is 0.775. The van der Waals surface area contributed by atoms with E-state index in [9.17, 15) is 14.4 Å². The number of nitrogens with zero attached hydrogens (tertiary/aromatic N) is 1. The molecule has 1 amide bonds. The predicted octanol–water partition coefficient (Wildman–Crippen LogP) is 4.83. The van der Waals surface area contributed by atoms with Gasteiger partial charge in [-0.15, -0.1) is 0 Å². The van der Waals surface area contributed by atoms with Crippen molar-refractivity contribution in [2.24, 2.45) is 5.92 Å². The van der Waals surface area contributed by atoms with E-state index >= 15 is 0 Å². The molecule has 172 valence electrons. The summed E-state index contributed by atoms with van der Waals surface area (Å²) in [4.78, 5) is 38.5. The Morgan fingerprint density at radius 2 is 1.90 bits per heavy atom. The van der Waals surface area contributed by atoms with E-state index in [-0.39, 0.29) is 38.4 Å². The molecule has 31 heavy (non-hydrogen) atoms. The van der Waals surface area contributed by atoms with E-state index in [1.165, 1.54) is 4.90 Å². The van der Waals surface area contributed by atoms with Crippen LogP contribution in [0.15, 0.2) is 18.2 Å². The zero-order valence-electron chi connectivity index (χ0n) is 18.3. The number of hydrogen-bond acceptors (Lipinski definition) is 6. The van der Waals surface area contributed by atoms with Gasteiger partial charge < -0.3 is 19.1 Å². The number of rotatable bonds is 6. The normalized spacial score (nSPS) is 19.5. The van der Waals surface area contributed by atoms with Gasteiger partial charge in [0, 0.05) is 25.4 Å². The van der Waals surface area contributed by atoms with Crippen molar-refractivity contribution in [1.82, 2.24) is 4.90 Å². The van der Waals surface area contributed by atoms with E-state index in [1.54, 1.807) is 45.9 Å². The third-order valence-corrected chi connectivity index (χ3v) is 5.34. The second-order valence-corrected chi connectivity index (χ2v) is 9.19. The van der Waals surface area contributed by atoms with Gasteiger partial charge in [-0.25, -0.2) is 4.79 Å². The Labute approximate surface area is 192 Å². The summed E-state index contributed by atoms with van der Waals surface area (Å²) in [5.41, 5.74) is 0.0946. The number of benzene rings is 1. The van der Waals surface area contributed by atoms with E-state index in [2.05, 4.69) is 0 Å². The quantitative estimate of drug-likeness (QED) is 0.434. The van der Waals surface area contributed by atoms with Crippen molar-refractivity contribution in [2.45, 2.75) is 52.2 Å². The highest BCUT2D eigenvalue weighted by Gasteiger charge is 2.34. The van der Waals surface area contributed by atoms with Gasteiger partial charge in [-0.1, -0.05) is 29.3 Å². The van der Waals surface area contributed by atoms with Crippen molar-refractivity contribution >= 4 is 41.0 Å². The molecule has 2 rings (SSSR count). The Kier molecular flexibility index (Phi) is 9.15. The molecule has 0 N–H and O–H groups in total. The summed E-state index contributed by atoms with van der Waals surface area (Å²) >= 11 is 12.2. The number of carbonyl (C=O) groups excluding carboxylic acids is 3. The lowest BCUT2D eigenvalue weighted by molar-refractivity contribution is -0.146. The van der Waals surface area contributed by atoms with Crippen LogP contribution in [0.2, 0.25) is 10.0 Å². The molecule has 1 aliphatic rings. The molecule has 2 atom stereocenters. The number of hydrogen-bond donors (Lipinski definition) is 0. The molecule has 1 fully saturated rings. The number of halogens is 2.